The van der Waals surface area contributed by atoms with E-state index in [0.29, 0.717) is 6.54 Å². The number of nitrogens with one attached hydrogen (secondary N) is 1. The number of aryl methyl sites for hydroxylation is 2. The van der Waals surface area contributed by atoms with E-state index in [1.165, 1.54) is 28.9 Å². The molecule has 134 valence electrons. The van der Waals surface area contributed by atoms with Gasteiger partial charge in [-0.3, -0.25) is 0 Å². The Morgan fingerprint density at radius 2 is 1.84 bits per heavy atom. The quantitative estimate of drug-likeness (QED) is 0.888. The Bertz CT molecular complexity index is 850. The third kappa shape index (κ3) is 4.19. The molecule has 1 fully saturated rings. The van der Waals surface area contributed by atoms with Gasteiger partial charge in [0.15, 0.2) is 0 Å². The smallest absolute Gasteiger partial charge is 0.240 e. The van der Waals surface area contributed by atoms with Gasteiger partial charge in [0.1, 0.15) is 5.82 Å². The van der Waals surface area contributed by atoms with Crippen molar-refractivity contribution in [3.63, 3.8) is 0 Å². The molecule has 0 aromatic heterocycles. The summed E-state index contributed by atoms with van der Waals surface area (Å²) in [6.45, 7) is 6.33. The first-order valence-electron chi connectivity index (χ1n) is 8.42. The summed E-state index contributed by atoms with van der Waals surface area (Å²) in [6.07, 6.45) is 0.943. The Balaban J connectivity index is 1.59. The topological polar surface area (TPSA) is 49.4 Å². The largest absolute Gasteiger partial charge is 0.371 e. The Morgan fingerprint density at radius 3 is 2.52 bits per heavy atom. The lowest BCUT2D eigenvalue weighted by Crippen LogP contribution is -2.31. The minimum Gasteiger partial charge on any atom is -0.371 e. The van der Waals surface area contributed by atoms with E-state index in [9.17, 15) is 12.8 Å². The molecule has 6 heteroatoms. The highest BCUT2D eigenvalue weighted by molar-refractivity contribution is 7.89. The number of halogens is 1. The average Bonchev–Trinajstić information content (AvgIpc) is 3.05. The van der Waals surface area contributed by atoms with E-state index in [4.69, 9.17) is 0 Å². The zero-order valence-electron chi connectivity index (χ0n) is 14.5. The van der Waals surface area contributed by atoms with Crippen LogP contribution >= 0.6 is 0 Å². The molecule has 1 atom stereocenters. The van der Waals surface area contributed by atoms with Crippen LogP contribution in [0, 0.1) is 25.6 Å². The number of nitrogens with zero attached hydrogens (tertiary/aromatic N) is 1. The van der Waals surface area contributed by atoms with Crippen molar-refractivity contribution in [3.05, 3.63) is 59.4 Å². The van der Waals surface area contributed by atoms with Crippen LogP contribution in [0.15, 0.2) is 47.4 Å². The van der Waals surface area contributed by atoms with Gasteiger partial charge in [-0.1, -0.05) is 6.07 Å². The van der Waals surface area contributed by atoms with E-state index < -0.39 is 15.8 Å². The Labute approximate surface area is 148 Å². The average molecular weight is 362 g/mol. The van der Waals surface area contributed by atoms with E-state index in [1.807, 2.05) is 0 Å². The molecule has 1 aliphatic rings. The van der Waals surface area contributed by atoms with Crippen molar-refractivity contribution in [2.24, 2.45) is 5.92 Å². The monoisotopic (exact) mass is 362 g/mol. The Morgan fingerprint density at radius 1 is 1.12 bits per heavy atom. The first kappa shape index (κ1) is 17.9. The predicted octanol–water partition coefficient (Wildman–Crippen LogP) is 3.25. The van der Waals surface area contributed by atoms with Gasteiger partial charge in [0.25, 0.3) is 0 Å². The lowest BCUT2D eigenvalue weighted by atomic mass is 10.1. The van der Waals surface area contributed by atoms with E-state index in [0.717, 1.165) is 31.6 Å². The maximum atomic E-state index is 12.9. The zero-order chi connectivity index (χ0) is 18.0. The molecule has 1 saturated heterocycles. The summed E-state index contributed by atoms with van der Waals surface area (Å²) >= 11 is 0. The molecule has 1 aliphatic heterocycles. The fourth-order valence-electron chi connectivity index (χ4n) is 3.08. The maximum Gasteiger partial charge on any atom is 0.240 e. The maximum absolute atomic E-state index is 12.9. The van der Waals surface area contributed by atoms with Gasteiger partial charge >= 0.3 is 0 Å². The van der Waals surface area contributed by atoms with Crippen molar-refractivity contribution in [1.29, 1.82) is 0 Å². The van der Waals surface area contributed by atoms with Crippen molar-refractivity contribution in [2.45, 2.75) is 25.2 Å². The highest BCUT2D eigenvalue weighted by Crippen LogP contribution is 2.25. The van der Waals surface area contributed by atoms with Gasteiger partial charge in [-0.05, 0) is 73.7 Å². The third-order valence-corrected chi connectivity index (χ3v) is 6.27. The summed E-state index contributed by atoms with van der Waals surface area (Å²) in [7, 11) is -3.59. The molecule has 3 rings (SSSR count). The number of hydrogen-bond acceptors (Lipinski definition) is 3. The first-order chi connectivity index (χ1) is 11.8. The van der Waals surface area contributed by atoms with Gasteiger partial charge in [0, 0.05) is 25.3 Å². The first-order valence-corrected chi connectivity index (χ1v) is 9.91. The van der Waals surface area contributed by atoms with E-state index >= 15 is 0 Å². The fourth-order valence-corrected chi connectivity index (χ4v) is 4.20. The fraction of sp³-hybridized carbons (Fsp3) is 0.368. The number of sulfonamides is 1. The second-order valence-corrected chi connectivity index (χ2v) is 8.44. The number of benzene rings is 2. The third-order valence-electron chi connectivity index (χ3n) is 4.83. The molecular weight excluding hydrogens is 339 g/mol. The summed E-state index contributed by atoms with van der Waals surface area (Å²) in [5.41, 5.74) is 3.72. The van der Waals surface area contributed by atoms with Crippen LogP contribution in [-0.2, 0) is 10.0 Å². The van der Waals surface area contributed by atoms with E-state index in [-0.39, 0.29) is 10.8 Å². The van der Waals surface area contributed by atoms with Gasteiger partial charge in [-0.25, -0.2) is 17.5 Å². The van der Waals surface area contributed by atoms with Crippen LogP contribution in [0.25, 0.3) is 0 Å². The van der Waals surface area contributed by atoms with Gasteiger partial charge in [0.05, 0.1) is 4.90 Å². The molecule has 1 N–H and O–H groups in total. The van der Waals surface area contributed by atoms with Crippen molar-refractivity contribution < 1.29 is 12.8 Å². The van der Waals surface area contributed by atoms with Crippen LogP contribution in [0.5, 0.6) is 0 Å². The second kappa shape index (κ2) is 7.14. The summed E-state index contributed by atoms with van der Waals surface area (Å²) in [4.78, 5) is 2.39. The minimum atomic E-state index is -3.59. The zero-order valence-corrected chi connectivity index (χ0v) is 15.3. The lowest BCUT2D eigenvalue weighted by Gasteiger charge is -2.20. The van der Waals surface area contributed by atoms with E-state index in [1.54, 1.807) is 0 Å². The van der Waals surface area contributed by atoms with Gasteiger partial charge in [0.2, 0.25) is 10.0 Å². The van der Waals surface area contributed by atoms with Crippen LogP contribution in [-0.4, -0.2) is 28.1 Å². The number of anilines is 1. The predicted molar refractivity (Wildman–Crippen MR) is 97.8 cm³/mol. The second-order valence-electron chi connectivity index (χ2n) is 6.68. The molecule has 0 saturated carbocycles. The number of hydrogen-bond donors (Lipinski definition) is 1. The number of rotatable bonds is 5. The van der Waals surface area contributed by atoms with Crippen molar-refractivity contribution in [3.8, 4) is 0 Å². The Hall–Kier alpha value is -1.92. The molecule has 0 spiro atoms. The summed E-state index contributed by atoms with van der Waals surface area (Å²) in [6, 6.07) is 11.3. The molecule has 25 heavy (non-hydrogen) atoms. The van der Waals surface area contributed by atoms with Gasteiger partial charge < -0.3 is 4.90 Å². The molecule has 2 aromatic carbocycles. The normalized spacial score (nSPS) is 17.9. The van der Waals surface area contributed by atoms with Gasteiger partial charge in [-0.2, -0.15) is 0 Å². The highest BCUT2D eigenvalue weighted by atomic mass is 32.2. The summed E-state index contributed by atoms with van der Waals surface area (Å²) < 4.78 is 40.2. The summed E-state index contributed by atoms with van der Waals surface area (Å²) in [5.74, 6) is -0.185. The molecule has 0 aliphatic carbocycles. The molecule has 1 heterocycles. The van der Waals surface area contributed by atoms with Crippen molar-refractivity contribution in [2.75, 3.05) is 24.5 Å². The molecule has 2 aromatic rings. The highest BCUT2D eigenvalue weighted by Gasteiger charge is 2.25. The Kier molecular flexibility index (Phi) is 5.11. The molecule has 0 radical (unpaired) electrons. The van der Waals surface area contributed by atoms with Gasteiger partial charge in [-0.15, -0.1) is 0 Å². The van der Waals surface area contributed by atoms with Crippen molar-refractivity contribution in [1.82, 2.24) is 4.72 Å². The molecule has 1 unspecified atom stereocenters. The summed E-state index contributed by atoms with van der Waals surface area (Å²) in [5, 5.41) is 0. The van der Waals surface area contributed by atoms with E-state index in [2.05, 4.69) is 41.7 Å². The molecule has 4 nitrogen and oxygen atoms in total. The SMILES string of the molecule is Cc1ccc(N2CCC(CNS(=O)(=O)c3ccc(F)cc3)C2)cc1C. The van der Waals surface area contributed by atoms with Crippen LogP contribution in [0.4, 0.5) is 10.1 Å². The van der Waals surface area contributed by atoms with Crippen LogP contribution in [0.1, 0.15) is 17.5 Å². The van der Waals surface area contributed by atoms with Crippen LogP contribution in [0.3, 0.4) is 0 Å². The van der Waals surface area contributed by atoms with Crippen LogP contribution < -0.4 is 9.62 Å². The molecule has 0 bridgehead atoms. The minimum absolute atomic E-state index is 0.0953. The van der Waals surface area contributed by atoms with Crippen molar-refractivity contribution >= 4 is 15.7 Å². The van der Waals surface area contributed by atoms with Crippen LogP contribution in [0.2, 0.25) is 0 Å². The molecule has 0 amide bonds. The standard InChI is InChI=1S/C19H23FN2O2S/c1-14-3-6-18(11-15(14)2)22-10-9-16(13-22)12-21-25(23,24)19-7-4-17(20)5-8-19/h3-8,11,16,21H,9-10,12-13H2,1-2H3. The molecular formula is C19H23FN2O2S. The lowest BCUT2D eigenvalue weighted by molar-refractivity contribution is 0.541.